The van der Waals surface area contributed by atoms with Gasteiger partial charge >= 0.3 is 0 Å². The van der Waals surface area contributed by atoms with Crippen molar-refractivity contribution in [3.8, 4) is 5.88 Å². The van der Waals surface area contributed by atoms with Crippen LogP contribution in [0.1, 0.15) is 5.56 Å². The van der Waals surface area contributed by atoms with Crippen molar-refractivity contribution in [1.82, 2.24) is 25.1 Å². The fourth-order valence-corrected chi connectivity index (χ4v) is 3.11. The van der Waals surface area contributed by atoms with E-state index >= 15 is 0 Å². The van der Waals surface area contributed by atoms with Gasteiger partial charge in [0, 0.05) is 56.6 Å². The highest BCUT2D eigenvalue weighted by Crippen LogP contribution is 2.20. The van der Waals surface area contributed by atoms with Gasteiger partial charge in [0.25, 0.3) is 0 Å². The van der Waals surface area contributed by atoms with E-state index in [4.69, 9.17) is 4.74 Å². The van der Waals surface area contributed by atoms with E-state index in [0.717, 1.165) is 44.2 Å². The van der Waals surface area contributed by atoms with Gasteiger partial charge in [-0.25, -0.2) is 4.98 Å². The van der Waals surface area contributed by atoms with Gasteiger partial charge in [-0.3, -0.25) is 4.90 Å². The highest BCUT2D eigenvalue weighted by atomic mass is 16.5. The zero-order valence-corrected chi connectivity index (χ0v) is 13.6. The summed E-state index contributed by atoms with van der Waals surface area (Å²) in [5.41, 5.74) is 2.26. The van der Waals surface area contributed by atoms with Crippen LogP contribution in [0.4, 0.5) is 5.82 Å². The van der Waals surface area contributed by atoms with Crippen molar-refractivity contribution in [2.45, 2.75) is 6.54 Å². The fraction of sp³-hybridized carbons (Fsp3) is 0.353. The van der Waals surface area contributed by atoms with Crippen molar-refractivity contribution in [3.63, 3.8) is 0 Å². The van der Waals surface area contributed by atoms with E-state index in [-0.39, 0.29) is 0 Å². The Bertz CT molecular complexity index is 807. The van der Waals surface area contributed by atoms with Gasteiger partial charge in [0.15, 0.2) is 5.82 Å². The Labute approximate surface area is 140 Å². The molecule has 0 saturated carbocycles. The summed E-state index contributed by atoms with van der Waals surface area (Å²) in [5.74, 6) is 1.46. The number of methoxy groups -OCH3 is 1. The van der Waals surface area contributed by atoms with Crippen LogP contribution in [-0.2, 0) is 6.54 Å². The molecule has 1 N–H and O–H groups in total. The molecule has 1 saturated heterocycles. The largest absolute Gasteiger partial charge is 0.480 e. The molecule has 1 aliphatic rings. The van der Waals surface area contributed by atoms with Crippen molar-refractivity contribution in [2.24, 2.45) is 0 Å². The predicted octanol–water partition coefficient (Wildman–Crippen LogP) is 1.68. The molecule has 3 aromatic rings. The third-order valence-corrected chi connectivity index (χ3v) is 4.46. The number of rotatable bonds is 4. The first-order valence-electron chi connectivity index (χ1n) is 8.09. The van der Waals surface area contributed by atoms with Crippen molar-refractivity contribution in [3.05, 3.63) is 42.2 Å². The molecule has 0 unspecified atom stereocenters. The van der Waals surface area contributed by atoms with Crippen molar-refractivity contribution < 1.29 is 4.74 Å². The molecule has 0 aliphatic carbocycles. The first-order valence-corrected chi connectivity index (χ1v) is 8.09. The number of nitrogens with zero attached hydrogens (tertiary/aromatic N) is 5. The highest BCUT2D eigenvalue weighted by molar-refractivity contribution is 5.79. The summed E-state index contributed by atoms with van der Waals surface area (Å²) in [5, 5.41) is 9.49. The van der Waals surface area contributed by atoms with Crippen LogP contribution in [-0.4, -0.2) is 58.4 Å². The number of nitrogens with one attached hydrogen (secondary N) is 1. The maximum Gasteiger partial charge on any atom is 0.233 e. The summed E-state index contributed by atoms with van der Waals surface area (Å²) in [6.45, 7) is 4.83. The van der Waals surface area contributed by atoms with Gasteiger partial charge in [-0.1, -0.05) is 0 Å². The summed E-state index contributed by atoms with van der Waals surface area (Å²) in [4.78, 5) is 12.3. The highest BCUT2D eigenvalue weighted by Gasteiger charge is 2.19. The first kappa shape index (κ1) is 14.9. The average Bonchev–Trinajstić information content (AvgIpc) is 3.06. The lowest BCUT2D eigenvalue weighted by Gasteiger charge is -2.35. The van der Waals surface area contributed by atoms with E-state index in [0.29, 0.717) is 5.88 Å². The van der Waals surface area contributed by atoms with Gasteiger partial charge in [0.1, 0.15) is 5.65 Å². The topological polar surface area (TPSA) is 70.2 Å². The number of aromatic amines is 1. The maximum atomic E-state index is 5.06. The number of pyridine rings is 1. The molecule has 3 aromatic heterocycles. The van der Waals surface area contributed by atoms with E-state index in [1.807, 2.05) is 24.4 Å². The lowest BCUT2D eigenvalue weighted by atomic mass is 10.2. The second kappa shape index (κ2) is 6.45. The molecule has 124 valence electrons. The molecular weight excluding hydrogens is 304 g/mol. The number of H-pyrrole nitrogens is 1. The molecule has 0 aromatic carbocycles. The van der Waals surface area contributed by atoms with Gasteiger partial charge in [0.2, 0.25) is 5.88 Å². The van der Waals surface area contributed by atoms with Gasteiger partial charge < -0.3 is 14.6 Å². The molecule has 7 heteroatoms. The Morgan fingerprint density at radius 2 is 2.00 bits per heavy atom. The van der Waals surface area contributed by atoms with Crippen LogP contribution in [0.25, 0.3) is 11.0 Å². The van der Waals surface area contributed by atoms with Gasteiger partial charge in [0.05, 0.1) is 7.11 Å². The minimum Gasteiger partial charge on any atom is -0.480 e. The van der Waals surface area contributed by atoms with Gasteiger partial charge in [-0.15, -0.1) is 10.2 Å². The molecule has 0 spiro atoms. The van der Waals surface area contributed by atoms with Crippen LogP contribution in [0.5, 0.6) is 5.88 Å². The smallest absolute Gasteiger partial charge is 0.233 e. The summed E-state index contributed by atoms with van der Waals surface area (Å²) in [6, 6.07) is 7.93. The second-order valence-corrected chi connectivity index (χ2v) is 5.91. The second-order valence-electron chi connectivity index (χ2n) is 5.91. The quantitative estimate of drug-likeness (QED) is 0.787. The van der Waals surface area contributed by atoms with E-state index in [1.165, 1.54) is 10.9 Å². The first-order chi connectivity index (χ1) is 11.8. The molecule has 0 bridgehead atoms. The van der Waals surface area contributed by atoms with Crippen LogP contribution in [0.3, 0.4) is 0 Å². The molecule has 4 rings (SSSR count). The third kappa shape index (κ3) is 2.90. The zero-order chi connectivity index (χ0) is 16.4. The summed E-state index contributed by atoms with van der Waals surface area (Å²) < 4.78 is 5.06. The molecule has 1 fully saturated rings. The molecule has 0 radical (unpaired) electrons. The number of ether oxygens (including phenoxy) is 1. The molecule has 7 nitrogen and oxygen atoms in total. The molecule has 4 heterocycles. The average molecular weight is 324 g/mol. The van der Waals surface area contributed by atoms with Crippen LogP contribution < -0.4 is 9.64 Å². The normalized spacial score (nSPS) is 15.8. The minimum absolute atomic E-state index is 0.547. The van der Waals surface area contributed by atoms with Gasteiger partial charge in [-0.2, -0.15) is 0 Å². The third-order valence-electron chi connectivity index (χ3n) is 4.46. The summed E-state index contributed by atoms with van der Waals surface area (Å²) in [6.07, 6.45) is 3.89. The fourth-order valence-electron chi connectivity index (χ4n) is 3.11. The Morgan fingerprint density at radius 1 is 1.12 bits per heavy atom. The zero-order valence-electron chi connectivity index (χ0n) is 13.6. The lowest BCUT2D eigenvalue weighted by molar-refractivity contribution is 0.250. The van der Waals surface area contributed by atoms with Crippen LogP contribution in [0.2, 0.25) is 0 Å². The number of aromatic nitrogens is 4. The Hall–Kier alpha value is -2.67. The van der Waals surface area contributed by atoms with Crippen LogP contribution in [0.15, 0.2) is 36.7 Å². The molecule has 0 amide bonds. The molecule has 24 heavy (non-hydrogen) atoms. The van der Waals surface area contributed by atoms with E-state index in [1.54, 1.807) is 7.11 Å². The minimum atomic E-state index is 0.547. The number of piperazine rings is 1. The molecule has 0 atom stereocenters. The summed E-state index contributed by atoms with van der Waals surface area (Å²) in [7, 11) is 1.60. The predicted molar refractivity (Wildman–Crippen MR) is 92.2 cm³/mol. The summed E-state index contributed by atoms with van der Waals surface area (Å²) >= 11 is 0. The van der Waals surface area contributed by atoms with E-state index < -0.39 is 0 Å². The lowest BCUT2D eigenvalue weighted by Crippen LogP contribution is -2.46. The maximum absolute atomic E-state index is 5.06. The van der Waals surface area contributed by atoms with E-state index in [2.05, 4.69) is 42.2 Å². The monoisotopic (exact) mass is 324 g/mol. The molecule has 1 aliphatic heterocycles. The van der Waals surface area contributed by atoms with Crippen molar-refractivity contribution >= 4 is 16.9 Å². The van der Waals surface area contributed by atoms with Crippen LogP contribution >= 0.6 is 0 Å². The van der Waals surface area contributed by atoms with Crippen LogP contribution in [0, 0.1) is 0 Å². The Morgan fingerprint density at radius 3 is 2.75 bits per heavy atom. The van der Waals surface area contributed by atoms with E-state index in [9.17, 15) is 0 Å². The SMILES string of the molecule is COc1ccc(N2CCN(Cc3c[nH]c4ncccc34)CC2)nn1. The number of anilines is 1. The van der Waals surface area contributed by atoms with Crippen molar-refractivity contribution in [2.75, 3.05) is 38.2 Å². The number of hydrogen-bond acceptors (Lipinski definition) is 6. The number of fused-ring (bicyclic) bond motifs is 1. The molecular formula is C17H20N6O. The Kier molecular flexibility index (Phi) is 4.00. The van der Waals surface area contributed by atoms with Gasteiger partial charge in [-0.05, 0) is 23.8 Å². The standard InChI is InChI=1S/C17H20N6O/c1-24-16-5-4-15(20-21-16)23-9-7-22(8-10-23)12-13-11-19-17-14(13)3-2-6-18-17/h2-6,11H,7-10,12H2,1H3,(H,18,19). The number of hydrogen-bond donors (Lipinski definition) is 1. The Balaban J connectivity index is 1.39. The van der Waals surface area contributed by atoms with Crippen molar-refractivity contribution in [1.29, 1.82) is 0 Å².